The van der Waals surface area contributed by atoms with Crippen molar-refractivity contribution in [2.45, 2.75) is 17.6 Å². The van der Waals surface area contributed by atoms with E-state index in [4.69, 9.17) is 5.73 Å². The van der Waals surface area contributed by atoms with Crippen LogP contribution in [0.3, 0.4) is 0 Å². The van der Waals surface area contributed by atoms with E-state index in [0.29, 0.717) is 20.6 Å². The van der Waals surface area contributed by atoms with E-state index in [2.05, 4.69) is 15.9 Å². The van der Waals surface area contributed by atoms with Gasteiger partial charge in [-0.1, -0.05) is 12.1 Å². The van der Waals surface area contributed by atoms with Crippen molar-refractivity contribution >= 4 is 32.4 Å². The molecule has 0 aliphatic heterocycles. The fourth-order valence-corrected chi connectivity index (χ4v) is 3.48. The maximum atomic E-state index is 13.4. The Morgan fingerprint density at radius 3 is 2.74 bits per heavy atom. The number of nitrogens with two attached hydrogens (primary N) is 1. The van der Waals surface area contributed by atoms with Crippen LogP contribution in [0.2, 0.25) is 0 Å². The molecule has 2 N–H and O–H groups in total. The summed E-state index contributed by atoms with van der Waals surface area (Å²) < 4.78 is 26.0. The largest absolute Gasteiger partial charge is 0.399 e. The summed E-state index contributed by atoms with van der Waals surface area (Å²) in [6, 6.07) is 10.0. The quantitative estimate of drug-likeness (QED) is 0.863. The van der Waals surface area contributed by atoms with Crippen molar-refractivity contribution in [3.8, 4) is 0 Å². The SMILES string of the molecule is Cc1cc(S(=O)Cc2cccc(F)c2Br)ccc1N. The van der Waals surface area contributed by atoms with Crippen molar-refractivity contribution in [2.75, 3.05) is 5.73 Å². The van der Waals surface area contributed by atoms with Gasteiger partial charge in [0, 0.05) is 10.6 Å². The van der Waals surface area contributed by atoms with Gasteiger partial charge in [0.1, 0.15) is 5.82 Å². The maximum absolute atomic E-state index is 13.4. The molecule has 0 aromatic heterocycles. The average Bonchev–Trinajstić information content (AvgIpc) is 2.38. The molecule has 100 valence electrons. The van der Waals surface area contributed by atoms with Crippen LogP contribution in [-0.4, -0.2) is 4.21 Å². The van der Waals surface area contributed by atoms with E-state index in [1.54, 1.807) is 30.3 Å². The number of hydrogen-bond acceptors (Lipinski definition) is 2. The van der Waals surface area contributed by atoms with Crippen LogP contribution in [-0.2, 0) is 16.6 Å². The minimum absolute atomic E-state index is 0.266. The number of halogens is 2. The predicted molar refractivity (Wildman–Crippen MR) is 79.8 cm³/mol. The Morgan fingerprint density at radius 1 is 1.32 bits per heavy atom. The topological polar surface area (TPSA) is 43.1 Å². The summed E-state index contributed by atoms with van der Waals surface area (Å²) in [5.41, 5.74) is 7.98. The highest BCUT2D eigenvalue weighted by molar-refractivity contribution is 9.10. The highest BCUT2D eigenvalue weighted by Crippen LogP contribution is 2.24. The molecule has 2 aromatic carbocycles. The van der Waals surface area contributed by atoms with E-state index < -0.39 is 10.8 Å². The second-order valence-corrected chi connectivity index (χ2v) is 6.47. The van der Waals surface area contributed by atoms with E-state index in [9.17, 15) is 8.60 Å². The molecule has 0 amide bonds. The van der Waals surface area contributed by atoms with Crippen molar-refractivity contribution in [1.29, 1.82) is 0 Å². The van der Waals surface area contributed by atoms with Crippen LogP contribution in [0, 0.1) is 12.7 Å². The van der Waals surface area contributed by atoms with Crippen LogP contribution in [0.1, 0.15) is 11.1 Å². The van der Waals surface area contributed by atoms with Crippen molar-refractivity contribution in [1.82, 2.24) is 0 Å². The highest BCUT2D eigenvalue weighted by Gasteiger charge is 2.11. The average molecular weight is 342 g/mol. The molecule has 0 heterocycles. The Balaban J connectivity index is 2.26. The van der Waals surface area contributed by atoms with Crippen LogP contribution in [0.15, 0.2) is 45.8 Å². The smallest absolute Gasteiger partial charge is 0.137 e. The number of benzene rings is 2. The van der Waals surface area contributed by atoms with E-state index in [-0.39, 0.29) is 11.6 Å². The first-order valence-electron chi connectivity index (χ1n) is 5.66. The van der Waals surface area contributed by atoms with E-state index in [0.717, 1.165) is 5.56 Å². The van der Waals surface area contributed by atoms with E-state index >= 15 is 0 Å². The summed E-state index contributed by atoms with van der Waals surface area (Å²) in [6.45, 7) is 1.87. The predicted octanol–water partition coefficient (Wildman–Crippen LogP) is 3.79. The molecule has 2 rings (SSSR count). The van der Waals surface area contributed by atoms with E-state index in [1.807, 2.05) is 6.92 Å². The molecule has 2 aromatic rings. The molecule has 1 unspecified atom stereocenters. The third kappa shape index (κ3) is 3.22. The first kappa shape index (κ1) is 14.2. The van der Waals surface area contributed by atoms with Gasteiger partial charge in [-0.15, -0.1) is 0 Å². The lowest BCUT2D eigenvalue weighted by molar-refractivity contribution is 0.619. The maximum Gasteiger partial charge on any atom is 0.137 e. The molecular weight excluding hydrogens is 329 g/mol. The van der Waals surface area contributed by atoms with Gasteiger partial charge in [0.15, 0.2) is 0 Å². The van der Waals surface area contributed by atoms with E-state index in [1.165, 1.54) is 6.07 Å². The molecule has 19 heavy (non-hydrogen) atoms. The molecule has 2 nitrogen and oxygen atoms in total. The zero-order valence-corrected chi connectivity index (χ0v) is 12.7. The first-order valence-corrected chi connectivity index (χ1v) is 7.77. The second-order valence-electron chi connectivity index (χ2n) is 4.22. The van der Waals surface area contributed by atoms with Gasteiger partial charge in [0.2, 0.25) is 0 Å². The standard InChI is InChI=1S/C14H13BrFNOS/c1-9-7-11(5-6-13(9)17)19(18)8-10-3-2-4-12(16)14(10)15/h2-7H,8,17H2,1H3. The van der Waals surface area contributed by atoms with Gasteiger partial charge in [-0.3, -0.25) is 4.21 Å². The van der Waals surface area contributed by atoms with Gasteiger partial charge >= 0.3 is 0 Å². The van der Waals surface area contributed by atoms with Crippen molar-refractivity contribution < 1.29 is 8.60 Å². The number of anilines is 1. The van der Waals surface area contributed by atoms with Crippen molar-refractivity contribution in [3.05, 3.63) is 57.8 Å². The lowest BCUT2D eigenvalue weighted by atomic mass is 10.2. The van der Waals surface area contributed by atoms with Gasteiger partial charge in [-0.05, 0) is 58.2 Å². The summed E-state index contributed by atoms with van der Waals surface area (Å²) in [4.78, 5) is 0.697. The lowest BCUT2D eigenvalue weighted by Crippen LogP contribution is -2.00. The van der Waals surface area contributed by atoms with Crippen LogP contribution in [0.25, 0.3) is 0 Å². The summed E-state index contributed by atoms with van der Waals surface area (Å²) in [5.74, 6) is -0.0789. The third-order valence-electron chi connectivity index (χ3n) is 2.82. The van der Waals surface area contributed by atoms with Crippen LogP contribution < -0.4 is 5.73 Å². The summed E-state index contributed by atoms with van der Waals surface area (Å²) in [5, 5.41) is 0. The number of aryl methyl sites for hydroxylation is 1. The van der Waals surface area contributed by atoms with Gasteiger partial charge in [0.25, 0.3) is 0 Å². The second kappa shape index (κ2) is 5.84. The Morgan fingerprint density at radius 2 is 2.05 bits per heavy atom. The fraction of sp³-hybridized carbons (Fsp3) is 0.143. The number of hydrogen-bond donors (Lipinski definition) is 1. The first-order chi connectivity index (χ1) is 8.99. The monoisotopic (exact) mass is 341 g/mol. The lowest BCUT2D eigenvalue weighted by Gasteiger charge is -2.07. The minimum atomic E-state index is -1.22. The summed E-state index contributed by atoms with van der Waals surface area (Å²) in [6.07, 6.45) is 0. The Kier molecular flexibility index (Phi) is 4.37. The molecule has 5 heteroatoms. The zero-order chi connectivity index (χ0) is 14.0. The molecule has 0 fully saturated rings. The molecule has 0 radical (unpaired) electrons. The zero-order valence-electron chi connectivity index (χ0n) is 10.3. The van der Waals surface area contributed by atoms with Crippen LogP contribution in [0.4, 0.5) is 10.1 Å². The summed E-state index contributed by atoms with van der Waals surface area (Å²) >= 11 is 3.18. The minimum Gasteiger partial charge on any atom is -0.399 e. The van der Waals surface area contributed by atoms with Crippen LogP contribution in [0.5, 0.6) is 0 Å². The van der Waals surface area contributed by atoms with Crippen LogP contribution >= 0.6 is 15.9 Å². The Bertz CT molecular complexity index is 645. The Hall–Kier alpha value is -1.20. The number of nitrogen functional groups attached to an aromatic ring is 1. The fourth-order valence-electron chi connectivity index (χ4n) is 1.67. The molecule has 0 aliphatic rings. The van der Waals surface area contributed by atoms with Gasteiger partial charge < -0.3 is 5.73 Å². The van der Waals surface area contributed by atoms with Gasteiger partial charge in [0.05, 0.1) is 21.0 Å². The van der Waals surface area contributed by atoms with Gasteiger partial charge in [-0.2, -0.15) is 0 Å². The summed E-state index contributed by atoms with van der Waals surface area (Å²) in [7, 11) is -1.22. The third-order valence-corrected chi connectivity index (χ3v) is 5.06. The molecule has 0 aliphatic carbocycles. The van der Waals surface area contributed by atoms with Crippen molar-refractivity contribution in [3.63, 3.8) is 0 Å². The molecule has 0 saturated carbocycles. The highest BCUT2D eigenvalue weighted by atomic mass is 79.9. The molecule has 0 spiro atoms. The molecular formula is C14H13BrFNOS. The Labute approximate surface area is 122 Å². The number of rotatable bonds is 3. The van der Waals surface area contributed by atoms with Crippen molar-refractivity contribution in [2.24, 2.45) is 0 Å². The normalized spacial score (nSPS) is 12.4. The molecule has 0 saturated heterocycles. The molecule has 0 bridgehead atoms. The molecule has 1 atom stereocenters. The van der Waals surface area contributed by atoms with Gasteiger partial charge in [-0.25, -0.2) is 4.39 Å².